The summed E-state index contributed by atoms with van der Waals surface area (Å²) >= 11 is 3.59. The molecule has 2 unspecified atom stereocenters. The summed E-state index contributed by atoms with van der Waals surface area (Å²) in [6.45, 7) is 2.16. The lowest BCUT2D eigenvalue weighted by molar-refractivity contribution is 0.833. The molecule has 2 rings (SSSR count). The van der Waals surface area contributed by atoms with Crippen molar-refractivity contribution in [2.75, 3.05) is 0 Å². The number of alkyl halides is 1. The molecule has 0 saturated carbocycles. The standard InChI is InChI=1S/C11H10Br/c1-8(12)10-7-6-9-4-2-3-5-11(9)10/h2-6,8,10H,1H3. The molecule has 0 N–H and O–H groups in total. The van der Waals surface area contributed by atoms with E-state index in [1.165, 1.54) is 11.1 Å². The summed E-state index contributed by atoms with van der Waals surface area (Å²) < 4.78 is 0. The van der Waals surface area contributed by atoms with Crippen LogP contribution in [-0.2, 0) is 0 Å². The normalized spacial score (nSPS) is 22.3. The molecule has 1 aliphatic rings. The van der Waals surface area contributed by atoms with Gasteiger partial charge in [0, 0.05) is 10.7 Å². The molecule has 0 nitrogen and oxygen atoms in total. The minimum Gasteiger partial charge on any atom is -0.0883 e. The Morgan fingerprint density at radius 1 is 1.42 bits per heavy atom. The number of benzene rings is 1. The summed E-state index contributed by atoms with van der Waals surface area (Å²) in [5.41, 5.74) is 2.70. The summed E-state index contributed by atoms with van der Waals surface area (Å²) in [7, 11) is 0. The molecule has 12 heavy (non-hydrogen) atoms. The molecule has 1 radical (unpaired) electrons. The Kier molecular flexibility index (Phi) is 2.05. The van der Waals surface area contributed by atoms with Crippen LogP contribution in [0.15, 0.2) is 24.3 Å². The molecule has 0 saturated heterocycles. The fourth-order valence-corrected chi connectivity index (χ4v) is 2.01. The molecule has 2 atom stereocenters. The quantitative estimate of drug-likeness (QED) is 0.639. The monoisotopic (exact) mass is 221 g/mol. The van der Waals surface area contributed by atoms with E-state index in [-0.39, 0.29) is 0 Å². The first-order valence-corrected chi connectivity index (χ1v) is 5.03. The highest BCUT2D eigenvalue weighted by Crippen LogP contribution is 2.34. The number of halogens is 1. The van der Waals surface area contributed by atoms with Gasteiger partial charge >= 0.3 is 0 Å². The summed E-state index contributed by atoms with van der Waals surface area (Å²) in [4.78, 5) is 0.470. The Bertz CT molecular complexity index is 313. The van der Waals surface area contributed by atoms with Crippen molar-refractivity contribution in [3.8, 4) is 0 Å². The molecule has 1 aliphatic carbocycles. The molecule has 1 aromatic rings. The van der Waals surface area contributed by atoms with Gasteiger partial charge in [-0.1, -0.05) is 53.2 Å². The van der Waals surface area contributed by atoms with Crippen molar-refractivity contribution in [1.29, 1.82) is 0 Å². The minimum atomic E-state index is 0.432. The fraction of sp³-hybridized carbons (Fsp3) is 0.273. The van der Waals surface area contributed by atoms with Crippen molar-refractivity contribution >= 4 is 22.0 Å². The predicted molar refractivity (Wildman–Crippen MR) is 55.3 cm³/mol. The Morgan fingerprint density at radius 3 is 2.92 bits per heavy atom. The Morgan fingerprint density at radius 2 is 2.17 bits per heavy atom. The van der Waals surface area contributed by atoms with E-state index < -0.39 is 0 Å². The van der Waals surface area contributed by atoms with E-state index in [9.17, 15) is 0 Å². The van der Waals surface area contributed by atoms with Gasteiger partial charge in [-0.2, -0.15) is 0 Å². The highest BCUT2D eigenvalue weighted by Gasteiger charge is 2.20. The van der Waals surface area contributed by atoms with Gasteiger partial charge in [-0.05, 0) is 17.2 Å². The van der Waals surface area contributed by atoms with E-state index in [2.05, 4.69) is 59.3 Å². The zero-order valence-electron chi connectivity index (χ0n) is 6.92. The number of fused-ring (bicyclic) bond motifs is 1. The Hall–Kier alpha value is -0.560. The third-order valence-corrected chi connectivity index (χ3v) is 2.74. The lowest BCUT2D eigenvalue weighted by Crippen LogP contribution is -2.03. The van der Waals surface area contributed by atoms with Crippen LogP contribution in [-0.4, -0.2) is 4.83 Å². The van der Waals surface area contributed by atoms with Crippen LogP contribution in [0.1, 0.15) is 24.0 Å². The molecule has 0 bridgehead atoms. The van der Waals surface area contributed by atoms with Crippen molar-refractivity contribution in [1.82, 2.24) is 0 Å². The molecule has 0 amide bonds. The summed E-state index contributed by atoms with van der Waals surface area (Å²) in [5.74, 6) is 0.432. The highest BCUT2D eigenvalue weighted by molar-refractivity contribution is 9.09. The van der Waals surface area contributed by atoms with E-state index in [1.54, 1.807) is 0 Å². The van der Waals surface area contributed by atoms with E-state index in [1.807, 2.05) is 0 Å². The van der Waals surface area contributed by atoms with Gasteiger partial charge in [0.1, 0.15) is 0 Å². The van der Waals surface area contributed by atoms with Gasteiger partial charge in [0.2, 0.25) is 0 Å². The van der Waals surface area contributed by atoms with Crippen molar-refractivity contribution in [3.05, 3.63) is 41.5 Å². The molecule has 0 aliphatic heterocycles. The molecule has 0 aromatic heterocycles. The first kappa shape index (κ1) is 8.06. The fourth-order valence-electron chi connectivity index (χ4n) is 1.57. The van der Waals surface area contributed by atoms with Crippen molar-refractivity contribution in [2.24, 2.45) is 0 Å². The van der Waals surface area contributed by atoms with Crippen molar-refractivity contribution < 1.29 is 0 Å². The SMILES string of the molecule is CC(Br)C1[C]=Cc2ccccc21. The van der Waals surface area contributed by atoms with E-state index in [4.69, 9.17) is 0 Å². The summed E-state index contributed by atoms with van der Waals surface area (Å²) in [6.07, 6.45) is 5.43. The lowest BCUT2D eigenvalue weighted by Gasteiger charge is -2.12. The third-order valence-electron chi connectivity index (χ3n) is 2.21. The molecule has 0 spiro atoms. The summed E-state index contributed by atoms with van der Waals surface area (Å²) in [5, 5.41) is 0. The largest absolute Gasteiger partial charge is 0.0883 e. The van der Waals surface area contributed by atoms with Crippen molar-refractivity contribution in [2.45, 2.75) is 17.7 Å². The molecular formula is C11H10Br. The van der Waals surface area contributed by atoms with Gasteiger partial charge in [-0.25, -0.2) is 0 Å². The van der Waals surface area contributed by atoms with Crippen LogP contribution in [0.2, 0.25) is 0 Å². The van der Waals surface area contributed by atoms with Crippen LogP contribution in [0.4, 0.5) is 0 Å². The number of hydrogen-bond acceptors (Lipinski definition) is 0. The maximum Gasteiger partial charge on any atom is 0.0227 e. The predicted octanol–water partition coefficient (Wildman–Crippen LogP) is 3.38. The molecule has 0 fully saturated rings. The number of allylic oxidation sites excluding steroid dienone is 1. The molecule has 1 heteroatoms. The van der Waals surface area contributed by atoms with Crippen molar-refractivity contribution in [3.63, 3.8) is 0 Å². The maximum atomic E-state index is 3.59. The van der Waals surface area contributed by atoms with E-state index in [0.717, 1.165) is 0 Å². The average Bonchev–Trinajstić information content (AvgIpc) is 2.47. The van der Waals surface area contributed by atoms with Crippen LogP contribution >= 0.6 is 15.9 Å². The minimum absolute atomic E-state index is 0.432. The van der Waals surface area contributed by atoms with Crippen LogP contribution in [0, 0.1) is 6.08 Å². The van der Waals surface area contributed by atoms with Crippen LogP contribution in [0.25, 0.3) is 6.08 Å². The van der Waals surface area contributed by atoms with Gasteiger partial charge in [-0.15, -0.1) is 0 Å². The zero-order valence-corrected chi connectivity index (χ0v) is 8.51. The second kappa shape index (κ2) is 3.06. The van der Waals surface area contributed by atoms with Gasteiger partial charge in [-0.3, -0.25) is 0 Å². The Balaban J connectivity index is 2.42. The van der Waals surface area contributed by atoms with Crippen LogP contribution in [0.3, 0.4) is 0 Å². The number of rotatable bonds is 1. The van der Waals surface area contributed by atoms with E-state index >= 15 is 0 Å². The van der Waals surface area contributed by atoms with Gasteiger partial charge < -0.3 is 0 Å². The second-order valence-corrected chi connectivity index (χ2v) is 4.54. The molecule has 0 heterocycles. The van der Waals surface area contributed by atoms with Gasteiger partial charge in [0.05, 0.1) is 0 Å². The molecule has 1 aromatic carbocycles. The zero-order chi connectivity index (χ0) is 8.55. The first-order valence-electron chi connectivity index (χ1n) is 4.11. The van der Waals surface area contributed by atoms with Gasteiger partial charge in [0.15, 0.2) is 0 Å². The van der Waals surface area contributed by atoms with E-state index in [0.29, 0.717) is 10.7 Å². The topological polar surface area (TPSA) is 0 Å². The smallest absolute Gasteiger partial charge is 0.0227 e. The van der Waals surface area contributed by atoms with Crippen LogP contribution < -0.4 is 0 Å². The third kappa shape index (κ3) is 1.22. The average molecular weight is 222 g/mol. The Labute approximate surface area is 81.4 Å². The molecular weight excluding hydrogens is 212 g/mol. The maximum absolute atomic E-state index is 3.59. The molecule has 61 valence electrons. The highest BCUT2D eigenvalue weighted by atomic mass is 79.9. The van der Waals surface area contributed by atoms with Crippen LogP contribution in [0.5, 0.6) is 0 Å². The lowest BCUT2D eigenvalue weighted by atomic mass is 9.99. The first-order chi connectivity index (χ1) is 5.79. The van der Waals surface area contributed by atoms with Gasteiger partial charge in [0.25, 0.3) is 0 Å². The summed E-state index contributed by atoms with van der Waals surface area (Å²) in [6, 6.07) is 8.46. The second-order valence-electron chi connectivity index (χ2n) is 3.10. The number of hydrogen-bond donors (Lipinski definition) is 0.